The van der Waals surface area contributed by atoms with Crippen LogP contribution in [0.25, 0.3) is 29.7 Å². The van der Waals surface area contributed by atoms with Gasteiger partial charge in [0.1, 0.15) is 15.0 Å². The largest absolute Gasteiger partial charge is 0.240 e. The van der Waals surface area contributed by atoms with Gasteiger partial charge in [0.25, 0.3) is 0 Å². The molecule has 0 bridgehead atoms. The number of aromatic nitrogens is 3. The van der Waals surface area contributed by atoms with E-state index in [-0.39, 0.29) is 0 Å². The van der Waals surface area contributed by atoms with Crippen LogP contribution in [0.5, 0.6) is 0 Å². The minimum absolute atomic E-state index is 1.04. The lowest BCUT2D eigenvalue weighted by Crippen LogP contribution is -1.92. The normalized spacial score (nSPS) is 11.7. The van der Waals surface area contributed by atoms with Crippen molar-refractivity contribution in [3.8, 4) is 29.7 Å². The van der Waals surface area contributed by atoms with E-state index in [1.165, 1.54) is 167 Å². The van der Waals surface area contributed by atoms with E-state index in [0.717, 1.165) is 24.3 Å². The average molecular weight is 698 g/mol. The lowest BCUT2D eigenvalue weighted by Gasteiger charge is -2.02. The van der Waals surface area contributed by atoms with Crippen molar-refractivity contribution in [2.75, 3.05) is 0 Å². The Kier molecular flexibility index (Phi) is 17.0. The zero-order chi connectivity index (χ0) is 32.6. The topological polar surface area (TPSA) is 38.7 Å². The Morgan fingerprint density at radius 2 is 0.848 bits per heavy atom. The summed E-state index contributed by atoms with van der Waals surface area (Å²) in [6.45, 7) is 11.4. The van der Waals surface area contributed by atoms with Crippen molar-refractivity contribution in [2.24, 2.45) is 0 Å². The minimum Gasteiger partial charge on any atom is -0.240 e. The highest BCUT2D eigenvalue weighted by Gasteiger charge is 2.23. The Labute approximate surface area is 296 Å². The SMILES string of the molecule is CCCCCCCCc1nc(-c2sc(-c3sc(-c4ccc(C)s4)nc3CCCCCCCC)nc2CCCCCCCC)sc1C. The third-order valence-electron chi connectivity index (χ3n) is 8.93. The summed E-state index contributed by atoms with van der Waals surface area (Å²) in [4.78, 5) is 22.7. The van der Waals surface area contributed by atoms with Crippen LogP contribution in [0.15, 0.2) is 12.1 Å². The summed E-state index contributed by atoms with van der Waals surface area (Å²) < 4.78 is 0. The third kappa shape index (κ3) is 11.6. The Morgan fingerprint density at radius 3 is 1.35 bits per heavy atom. The maximum atomic E-state index is 5.43. The molecule has 0 saturated heterocycles. The van der Waals surface area contributed by atoms with Crippen molar-refractivity contribution >= 4 is 45.3 Å². The predicted molar refractivity (Wildman–Crippen MR) is 208 cm³/mol. The van der Waals surface area contributed by atoms with Crippen LogP contribution in [0.3, 0.4) is 0 Å². The first-order chi connectivity index (χ1) is 22.5. The Bertz CT molecular complexity index is 1410. The maximum absolute atomic E-state index is 5.43. The van der Waals surface area contributed by atoms with Gasteiger partial charge in [-0.15, -0.1) is 45.3 Å². The van der Waals surface area contributed by atoms with Crippen LogP contribution in [0.2, 0.25) is 0 Å². The molecule has 0 N–H and O–H groups in total. The van der Waals surface area contributed by atoms with Gasteiger partial charge in [0, 0.05) is 9.75 Å². The van der Waals surface area contributed by atoms with Crippen molar-refractivity contribution in [3.63, 3.8) is 0 Å². The summed E-state index contributed by atoms with van der Waals surface area (Å²) in [5.74, 6) is 0. The number of hydrogen-bond acceptors (Lipinski definition) is 7. The van der Waals surface area contributed by atoms with Gasteiger partial charge >= 0.3 is 0 Å². The van der Waals surface area contributed by atoms with Crippen molar-refractivity contribution < 1.29 is 0 Å². The molecule has 7 heteroatoms. The van der Waals surface area contributed by atoms with E-state index in [1.807, 2.05) is 45.3 Å². The van der Waals surface area contributed by atoms with E-state index < -0.39 is 0 Å². The molecule has 4 heterocycles. The highest BCUT2D eigenvalue weighted by atomic mass is 32.1. The summed E-state index contributed by atoms with van der Waals surface area (Å²) >= 11 is 7.50. The molecule has 0 aliphatic rings. The molecule has 0 fully saturated rings. The molecule has 46 heavy (non-hydrogen) atoms. The Hall–Kier alpha value is -1.41. The fraction of sp³-hybridized carbons (Fsp3) is 0.667. The number of thiazole rings is 3. The van der Waals surface area contributed by atoms with Crippen LogP contribution in [0.1, 0.15) is 163 Å². The van der Waals surface area contributed by atoms with Gasteiger partial charge in [0.2, 0.25) is 0 Å². The van der Waals surface area contributed by atoms with Crippen molar-refractivity contribution in [1.82, 2.24) is 15.0 Å². The van der Waals surface area contributed by atoms with Gasteiger partial charge in [0.15, 0.2) is 0 Å². The van der Waals surface area contributed by atoms with Gasteiger partial charge < -0.3 is 0 Å². The molecule has 4 aromatic rings. The monoisotopic (exact) mass is 697 g/mol. The van der Waals surface area contributed by atoms with E-state index in [1.54, 1.807) is 0 Å². The standard InChI is InChI=1S/C39H59N3S4/c1-6-9-12-15-18-21-24-31-30(5)44-38(40-31)35-33(26-23-20-17-14-11-8-3)42-39(46-35)36-32(25-22-19-16-13-10-7-2)41-37(45-36)34-28-27-29(4)43-34/h27-28H,6-26H2,1-5H3. The summed E-state index contributed by atoms with van der Waals surface area (Å²) in [5.41, 5.74) is 3.84. The molecule has 0 atom stereocenters. The van der Waals surface area contributed by atoms with Gasteiger partial charge in [-0.25, -0.2) is 15.0 Å². The second-order valence-electron chi connectivity index (χ2n) is 13.1. The maximum Gasteiger partial charge on any atom is 0.136 e. The zero-order valence-electron chi connectivity index (χ0n) is 29.5. The summed E-state index contributed by atoms with van der Waals surface area (Å²) in [5, 5.41) is 3.52. The first kappa shape index (κ1) is 37.4. The molecular weight excluding hydrogens is 639 g/mol. The highest BCUT2D eigenvalue weighted by Crippen LogP contribution is 2.44. The van der Waals surface area contributed by atoms with Crippen LogP contribution < -0.4 is 0 Å². The molecule has 3 nitrogen and oxygen atoms in total. The van der Waals surface area contributed by atoms with Crippen LogP contribution in [0, 0.1) is 13.8 Å². The second-order valence-corrected chi connectivity index (χ2v) is 17.6. The van der Waals surface area contributed by atoms with E-state index in [0.29, 0.717) is 0 Å². The summed E-state index contributed by atoms with van der Waals surface area (Å²) in [7, 11) is 0. The van der Waals surface area contributed by atoms with E-state index in [9.17, 15) is 0 Å². The molecule has 254 valence electrons. The number of thiophene rings is 1. The van der Waals surface area contributed by atoms with Crippen molar-refractivity contribution in [2.45, 2.75) is 169 Å². The van der Waals surface area contributed by atoms with Crippen molar-refractivity contribution in [1.29, 1.82) is 0 Å². The van der Waals surface area contributed by atoms with E-state index >= 15 is 0 Å². The molecule has 0 aliphatic heterocycles. The van der Waals surface area contributed by atoms with Gasteiger partial charge in [-0.1, -0.05) is 117 Å². The lowest BCUT2D eigenvalue weighted by molar-refractivity contribution is 0.604. The quantitative estimate of drug-likeness (QED) is 0.0684. The minimum atomic E-state index is 1.04. The lowest BCUT2D eigenvalue weighted by atomic mass is 10.1. The number of aryl methyl sites for hydroxylation is 5. The van der Waals surface area contributed by atoms with Crippen LogP contribution in [0.4, 0.5) is 0 Å². The summed E-state index contributed by atoms with van der Waals surface area (Å²) in [6.07, 6.45) is 26.8. The molecule has 0 spiro atoms. The average Bonchev–Trinajstić information content (AvgIpc) is 3.85. The van der Waals surface area contributed by atoms with Crippen LogP contribution >= 0.6 is 45.3 Å². The Balaban J connectivity index is 1.58. The van der Waals surface area contributed by atoms with Gasteiger partial charge in [-0.3, -0.25) is 0 Å². The smallest absolute Gasteiger partial charge is 0.136 e. The molecule has 4 rings (SSSR count). The summed E-state index contributed by atoms with van der Waals surface area (Å²) in [6, 6.07) is 4.47. The fourth-order valence-corrected chi connectivity index (χ4v) is 10.4. The van der Waals surface area contributed by atoms with Crippen LogP contribution in [-0.2, 0) is 19.3 Å². The molecule has 0 unspecified atom stereocenters. The van der Waals surface area contributed by atoms with E-state index in [2.05, 4.69) is 46.8 Å². The molecule has 0 aliphatic carbocycles. The number of unbranched alkanes of at least 4 members (excludes halogenated alkanes) is 15. The molecule has 0 saturated carbocycles. The number of hydrogen-bond donors (Lipinski definition) is 0. The van der Waals surface area contributed by atoms with Crippen molar-refractivity contribution in [3.05, 3.63) is 39.0 Å². The van der Waals surface area contributed by atoms with Gasteiger partial charge in [0.05, 0.1) is 31.7 Å². The van der Waals surface area contributed by atoms with Gasteiger partial charge in [-0.2, -0.15) is 0 Å². The third-order valence-corrected chi connectivity index (χ3v) is 13.6. The molecular formula is C39H59N3S4. The zero-order valence-corrected chi connectivity index (χ0v) is 32.7. The van der Waals surface area contributed by atoms with Gasteiger partial charge in [-0.05, 0) is 64.5 Å². The molecule has 4 aromatic heterocycles. The molecule has 0 amide bonds. The van der Waals surface area contributed by atoms with Crippen LogP contribution in [-0.4, -0.2) is 15.0 Å². The number of nitrogens with zero attached hydrogens (tertiary/aromatic N) is 3. The van der Waals surface area contributed by atoms with E-state index in [4.69, 9.17) is 15.0 Å². The first-order valence-corrected chi connectivity index (χ1v) is 21.8. The number of rotatable bonds is 24. The Morgan fingerprint density at radius 1 is 0.435 bits per heavy atom. The highest BCUT2D eigenvalue weighted by molar-refractivity contribution is 7.28. The predicted octanol–water partition coefficient (Wildman–Crippen LogP) is 14.4. The first-order valence-electron chi connectivity index (χ1n) is 18.6. The fourth-order valence-electron chi connectivity index (χ4n) is 6.10. The second kappa shape index (κ2) is 20.8. The molecule has 0 radical (unpaired) electrons. The molecule has 0 aromatic carbocycles.